The molecule has 3 rings (SSSR count). The summed E-state index contributed by atoms with van der Waals surface area (Å²) >= 11 is 1.49. The quantitative estimate of drug-likeness (QED) is 0.820. The van der Waals surface area contributed by atoms with Crippen molar-refractivity contribution in [3.63, 3.8) is 0 Å². The highest BCUT2D eigenvalue weighted by Gasteiger charge is 2.52. The number of thiophene rings is 1. The van der Waals surface area contributed by atoms with Gasteiger partial charge >= 0.3 is 0 Å². The van der Waals surface area contributed by atoms with Gasteiger partial charge in [0.2, 0.25) is 5.91 Å². The molecule has 2 aliphatic rings. The highest BCUT2D eigenvalue weighted by molar-refractivity contribution is 7.12. The molecule has 0 saturated carbocycles. The molecular weight excluding hydrogens is 324 g/mol. The standard InChI is InChI=1S/C18H26N2O3S/c1-3-19-13-18(14(16(19)21)12-23-4-2)7-9-20(10-8-18)17(22)15-6-5-11-24-15/h5-6,11,14H,3-4,7-10,12-13H2,1-2H3/t14-/m0/s1. The van der Waals surface area contributed by atoms with E-state index in [0.29, 0.717) is 13.2 Å². The Bertz CT molecular complexity index is 579. The maximum absolute atomic E-state index is 12.7. The average Bonchev–Trinajstić information content (AvgIpc) is 3.21. The van der Waals surface area contributed by atoms with E-state index in [2.05, 4.69) is 0 Å². The van der Waals surface area contributed by atoms with Crippen LogP contribution in [0.4, 0.5) is 0 Å². The Labute approximate surface area is 147 Å². The second-order valence-corrected chi connectivity index (χ2v) is 7.64. The Kier molecular flexibility index (Phi) is 5.25. The van der Waals surface area contributed by atoms with Gasteiger partial charge in [-0.15, -0.1) is 11.3 Å². The minimum atomic E-state index is -0.0589. The second-order valence-electron chi connectivity index (χ2n) is 6.70. The van der Waals surface area contributed by atoms with Crippen molar-refractivity contribution in [2.45, 2.75) is 26.7 Å². The molecule has 0 aliphatic carbocycles. The molecule has 0 radical (unpaired) electrons. The molecule has 24 heavy (non-hydrogen) atoms. The van der Waals surface area contributed by atoms with Crippen LogP contribution < -0.4 is 0 Å². The first-order valence-corrected chi connectivity index (χ1v) is 9.68. The Morgan fingerprint density at radius 3 is 2.71 bits per heavy atom. The second kappa shape index (κ2) is 7.23. The van der Waals surface area contributed by atoms with Crippen molar-refractivity contribution in [1.29, 1.82) is 0 Å². The van der Waals surface area contributed by atoms with Gasteiger partial charge in [-0.3, -0.25) is 9.59 Å². The van der Waals surface area contributed by atoms with E-state index in [4.69, 9.17) is 4.74 Å². The molecule has 1 atom stereocenters. The Morgan fingerprint density at radius 2 is 2.12 bits per heavy atom. The number of rotatable bonds is 5. The van der Waals surface area contributed by atoms with E-state index in [0.717, 1.165) is 43.9 Å². The molecule has 2 aliphatic heterocycles. The van der Waals surface area contributed by atoms with E-state index in [9.17, 15) is 9.59 Å². The fraction of sp³-hybridized carbons (Fsp3) is 0.667. The molecule has 2 saturated heterocycles. The van der Waals surface area contributed by atoms with Crippen LogP contribution in [0.3, 0.4) is 0 Å². The van der Waals surface area contributed by atoms with Gasteiger partial charge in [-0.25, -0.2) is 0 Å². The highest BCUT2D eigenvalue weighted by atomic mass is 32.1. The predicted octanol–water partition coefficient (Wildman–Crippen LogP) is 2.49. The molecule has 1 aromatic rings. The minimum Gasteiger partial charge on any atom is -0.381 e. The molecular formula is C18H26N2O3S. The molecule has 0 unspecified atom stereocenters. The van der Waals surface area contributed by atoms with Gasteiger partial charge in [-0.1, -0.05) is 6.07 Å². The van der Waals surface area contributed by atoms with Gasteiger partial charge in [-0.05, 0) is 38.1 Å². The van der Waals surface area contributed by atoms with Crippen molar-refractivity contribution in [3.8, 4) is 0 Å². The molecule has 6 heteroatoms. The first-order chi connectivity index (χ1) is 11.6. The summed E-state index contributed by atoms with van der Waals surface area (Å²) in [6.07, 6.45) is 1.76. The SMILES string of the molecule is CCOC[C@H]1C(=O)N(CC)CC12CCN(C(=O)c1cccs1)CC2. The van der Waals surface area contributed by atoms with Crippen LogP contribution in [0.1, 0.15) is 36.4 Å². The Balaban J connectivity index is 1.70. The summed E-state index contributed by atoms with van der Waals surface area (Å²) in [5.41, 5.74) is -0.0332. The van der Waals surface area contributed by atoms with Gasteiger partial charge in [0.25, 0.3) is 5.91 Å². The van der Waals surface area contributed by atoms with Crippen LogP contribution in [0.5, 0.6) is 0 Å². The smallest absolute Gasteiger partial charge is 0.263 e. The number of ether oxygens (including phenoxy) is 1. The lowest BCUT2D eigenvalue weighted by Gasteiger charge is -2.41. The first kappa shape index (κ1) is 17.4. The summed E-state index contributed by atoms with van der Waals surface area (Å²) < 4.78 is 5.62. The van der Waals surface area contributed by atoms with Gasteiger partial charge in [0, 0.05) is 38.2 Å². The van der Waals surface area contributed by atoms with E-state index >= 15 is 0 Å². The van der Waals surface area contributed by atoms with Crippen molar-refractivity contribution in [3.05, 3.63) is 22.4 Å². The summed E-state index contributed by atoms with van der Waals surface area (Å²) in [6, 6.07) is 3.80. The summed E-state index contributed by atoms with van der Waals surface area (Å²) in [5, 5.41) is 1.94. The van der Waals surface area contributed by atoms with Crippen LogP contribution in [0, 0.1) is 11.3 Å². The van der Waals surface area contributed by atoms with E-state index in [1.54, 1.807) is 0 Å². The number of amides is 2. The summed E-state index contributed by atoms with van der Waals surface area (Å²) in [7, 11) is 0. The lowest BCUT2D eigenvalue weighted by Crippen LogP contribution is -2.47. The molecule has 0 bridgehead atoms. The highest BCUT2D eigenvalue weighted by Crippen LogP contribution is 2.45. The van der Waals surface area contributed by atoms with Crippen molar-refractivity contribution < 1.29 is 14.3 Å². The number of carbonyl (C=O) groups is 2. The van der Waals surface area contributed by atoms with Crippen LogP contribution >= 0.6 is 11.3 Å². The fourth-order valence-electron chi connectivity index (χ4n) is 4.02. The van der Waals surface area contributed by atoms with Crippen LogP contribution in [-0.2, 0) is 9.53 Å². The largest absolute Gasteiger partial charge is 0.381 e. The minimum absolute atomic E-state index is 0.0332. The van der Waals surface area contributed by atoms with Crippen LogP contribution in [0.2, 0.25) is 0 Å². The number of hydrogen-bond donors (Lipinski definition) is 0. The van der Waals surface area contributed by atoms with Crippen molar-refractivity contribution in [1.82, 2.24) is 9.80 Å². The maximum atomic E-state index is 12.7. The third-order valence-electron chi connectivity index (χ3n) is 5.50. The molecule has 132 valence electrons. The van der Waals surface area contributed by atoms with E-state index < -0.39 is 0 Å². The number of likely N-dealkylation sites (tertiary alicyclic amines) is 2. The lowest BCUT2D eigenvalue weighted by molar-refractivity contribution is -0.133. The Hall–Kier alpha value is -1.40. The molecule has 2 amide bonds. The molecule has 2 fully saturated rings. The number of hydrogen-bond acceptors (Lipinski definition) is 4. The average molecular weight is 350 g/mol. The summed E-state index contributed by atoms with van der Waals surface area (Å²) in [6.45, 7) is 8.15. The fourth-order valence-corrected chi connectivity index (χ4v) is 4.71. The van der Waals surface area contributed by atoms with Crippen molar-refractivity contribution in [2.75, 3.05) is 39.4 Å². The topological polar surface area (TPSA) is 49.9 Å². The van der Waals surface area contributed by atoms with E-state index in [1.165, 1.54) is 11.3 Å². The lowest BCUT2D eigenvalue weighted by atomic mass is 9.71. The monoisotopic (exact) mass is 350 g/mol. The zero-order valence-corrected chi connectivity index (χ0v) is 15.3. The van der Waals surface area contributed by atoms with Gasteiger partial charge in [0.15, 0.2) is 0 Å². The maximum Gasteiger partial charge on any atom is 0.263 e. The molecule has 1 aromatic heterocycles. The van der Waals surface area contributed by atoms with Crippen LogP contribution in [0.25, 0.3) is 0 Å². The summed E-state index contributed by atoms with van der Waals surface area (Å²) in [4.78, 5) is 29.9. The molecule has 3 heterocycles. The molecule has 5 nitrogen and oxygen atoms in total. The molecule has 1 spiro atoms. The van der Waals surface area contributed by atoms with Gasteiger partial charge in [0.05, 0.1) is 17.4 Å². The zero-order chi connectivity index (χ0) is 17.2. The van der Waals surface area contributed by atoms with Gasteiger partial charge in [-0.2, -0.15) is 0 Å². The third kappa shape index (κ3) is 3.09. The zero-order valence-electron chi connectivity index (χ0n) is 14.5. The number of carbonyl (C=O) groups excluding carboxylic acids is 2. The third-order valence-corrected chi connectivity index (χ3v) is 6.36. The van der Waals surface area contributed by atoms with E-state index in [-0.39, 0.29) is 23.1 Å². The van der Waals surface area contributed by atoms with E-state index in [1.807, 2.05) is 41.2 Å². The molecule has 0 aromatic carbocycles. The normalized spacial score (nSPS) is 23.2. The number of piperidine rings is 1. The first-order valence-electron chi connectivity index (χ1n) is 8.80. The van der Waals surface area contributed by atoms with Crippen molar-refractivity contribution in [2.24, 2.45) is 11.3 Å². The predicted molar refractivity (Wildman–Crippen MR) is 94.1 cm³/mol. The summed E-state index contributed by atoms with van der Waals surface area (Å²) in [5.74, 6) is 0.290. The van der Waals surface area contributed by atoms with Crippen molar-refractivity contribution >= 4 is 23.2 Å². The number of nitrogens with zero attached hydrogens (tertiary/aromatic N) is 2. The van der Waals surface area contributed by atoms with Crippen LogP contribution in [-0.4, -0.2) is 61.0 Å². The van der Waals surface area contributed by atoms with Gasteiger partial charge in [0.1, 0.15) is 0 Å². The molecule has 0 N–H and O–H groups in total. The van der Waals surface area contributed by atoms with Gasteiger partial charge < -0.3 is 14.5 Å². The Morgan fingerprint density at radius 1 is 1.38 bits per heavy atom. The van der Waals surface area contributed by atoms with Crippen LogP contribution in [0.15, 0.2) is 17.5 Å².